The van der Waals surface area contributed by atoms with Crippen LogP contribution < -0.4 is 5.32 Å². The Morgan fingerprint density at radius 3 is 2.58 bits per heavy atom. The number of carbonyl (C=O) groups excluding carboxylic acids is 1. The van der Waals surface area contributed by atoms with Gasteiger partial charge in [-0.15, -0.1) is 11.8 Å². The number of esters is 1. The van der Waals surface area contributed by atoms with Crippen molar-refractivity contribution < 1.29 is 9.53 Å². The van der Waals surface area contributed by atoms with Gasteiger partial charge in [0.15, 0.2) is 0 Å². The van der Waals surface area contributed by atoms with Crippen molar-refractivity contribution in [3.63, 3.8) is 0 Å². The summed E-state index contributed by atoms with van der Waals surface area (Å²) < 4.78 is 7.25. The number of ether oxygens (including phenoxy) is 1. The summed E-state index contributed by atoms with van der Waals surface area (Å²) in [6.45, 7) is 7.06. The summed E-state index contributed by atoms with van der Waals surface area (Å²) in [5.74, 6) is 1.13. The molecule has 1 fully saturated rings. The molecule has 1 aromatic heterocycles. The number of rotatable bonds is 5. The van der Waals surface area contributed by atoms with Gasteiger partial charge in [0.1, 0.15) is 0 Å². The fraction of sp³-hybridized carbons (Fsp3) is 0.440. The molecule has 0 radical (unpaired) electrons. The van der Waals surface area contributed by atoms with Gasteiger partial charge in [-0.1, -0.05) is 20.8 Å². The molecule has 5 nitrogen and oxygen atoms in total. The van der Waals surface area contributed by atoms with Crippen LogP contribution in [0.2, 0.25) is 0 Å². The maximum absolute atomic E-state index is 12.1. The van der Waals surface area contributed by atoms with E-state index < -0.39 is 0 Å². The molecule has 0 bridgehead atoms. The number of aromatic nitrogens is 2. The number of thioether (sulfide) groups is 1. The fourth-order valence-electron chi connectivity index (χ4n) is 5.10. The van der Waals surface area contributed by atoms with Crippen LogP contribution in [-0.4, -0.2) is 28.9 Å². The Kier molecular flexibility index (Phi) is 6.02. The third-order valence-corrected chi connectivity index (χ3v) is 6.93. The molecule has 1 aliphatic carbocycles. The van der Waals surface area contributed by atoms with Crippen molar-refractivity contribution in [2.75, 3.05) is 18.7 Å². The Morgan fingerprint density at radius 1 is 1.19 bits per heavy atom. The number of nitrogens with one attached hydrogen (secondary N) is 1. The van der Waals surface area contributed by atoms with Crippen LogP contribution in [0, 0.1) is 11.3 Å². The summed E-state index contributed by atoms with van der Waals surface area (Å²) >= 11 is 1.73. The summed E-state index contributed by atoms with van der Waals surface area (Å²) in [6.07, 6.45) is 5.53. The van der Waals surface area contributed by atoms with E-state index in [4.69, 9.17) is 9.72 Å². The molecule has 31 heavy (non-hydrogen) atoms. The predicted octanol–water partition coefficient (Wildman–Crippen LogP) is 6.68. The Labute approximate surface area is 188 Å². The number of imidazole rings is 1. The quantitative estimate of drug-likeness (QED) is 0.356. The van der Waals surface area contributed by atoms with Crippen LogP contribution >= 0.6 is 11.8 Å². The minimum atomic E-state index is -0.342. The Balaban J connectivity index is 1.79. The van der Waals surface area contributed by atoms with E-state index in [9.17, 15) is 4.79 Å². The highest BCUT2D eigenvalue weighted by Gasteiger charge is 2.34. The van der Waals surface area contributed by atoms with E-state index in [0.717, 1.165) is 35.5 Å². The zero-order valence-electron chi connectivity index (χ0n) is 18.9. The molecule has 1 N–H and O–H groups in total. The van der Waals surface area contributed by atoms with Gasteiger partial charge in [-0.3, -0.25) is 0 Å². The van der Waals surface area contributed by atoms with Gasteiger partial charge >= 0.3 is 5.97 Å². The smallest absolute Gasteiger partial charge is 0.337 e. The standard InChI is InChI=1S/C25H31N3O2S/c1-16-12-19(15-25(2,3)14-16)28-22-11-6-17(23(29)30-4)13-21(22)27-24(28)26-18-7-9-20(31-5)10-8-18/h6-11,13,16,19H,12,14-15H2,1-5H3,(H,26,27)/t16?,19-/m1/s1. The van der Waals surface area contributed by atoms with Crippen molar-refractivity contribution in [2.45, 2.75) is 51.0 Å². The molecule has 1 aliphatic rings. The molecule has 0 amide bonds. The summed E-state index contributed by atoms with van der Waals surface area (Å²) in [4.78, 5) is 18.2. The highest BCUT2D eigenvalue weighted by Crippen LogP contribution is 2.46. The number of fused-ring (bicyclic) bond motifs is 1. The van der Waals surface area contributed by atoms with Crippen molar-refractivity contribution in [2.24, 2.45) is 11.3 Å². The van der Waals surface area contributed by atoms with Gasteiger partial charge in [0.05, 0.1) is 23.7 Å². The molecule has 1 saturated carbocycles. The van der Waals surface area contributed by atoms with Crippen molar-refractivity contribution in [1.29, 1.82) is 0 Å². The lowest BCUT2D eigenvalue weighted by Crippen LogP contribution is -2.29. The third-order valence-electron chi connectivity index (χ3n) is 6.19. The third kappa shape index (κ3) is 4.59. The molecular weight excluding hydrogens is 406 g/mol. The van der Waals surface area contributed by atoms with Gasteiger partial charge < -0.3 is 14.6 Å². The van der Waals surface area contributed by atoms with Gasteiger partial charge in [-0.25, -0.2) is 9.78 Å². The summed E-state index contributed by atoms with van der Waals surface area (Å²) in [6, 6.07) is 14.4. The molecule has 0 spiro atoms. The lowest BCUT2D eigenvalue weighted by atomic mass is 9.70. The van der Waals surface area contributed by atoms with E-state index in [-0.39, 0.29) is 11.4 Å². The van der Waals surface area contributed by atoms with Crippen molar-refractivity contribution in [1.82, 2.24) is 9.55 Å². The summed E-state index contributed by atoms with van der Waals surface area (Å²) in [5.41, 5.74) is 3.66. The molecule has 1 heterocycles. The second-order valence-electron chi connectivity index (χ2n) is 9.42. The fourth-order valence-corrected chi connectivity index (χ4v) is 5.51. The number of hydrogen-bond donors (Lipinski definition) is 1. The highest BCUT2D eigenvalue weighted by atomic mass is 32.2. The molecule has 0 saturated heterocycles. The largest absolute Gasteiger partial charge is 0.465 e. The Morgan fingerprint density at radius 2 is 1.94 bits per heavy atom. The molecule has 4 rings (SSSR count). The van der Waals surface area contributed by atoms with Crippen molar-refractivity contribution in [3.8, 4) is 0 Å². The molecule has 164 valence electrons. The van der Waals surface area contributed by atoms with Crippen molar-refractivity contribution >= 4 is 40.4 Å². The Bertz CT molecular complexity index is 1090. The van der Waals surface area contributed by atoms with E-state index in [0.29, 0.717) is 17.5 Å². The van der Waals surface area contributed by atoms with Crippen LogP contribution in [0.15, 0.2) is 47.4 Å². The van der Waals surface area contributed by atoms with Gasteiger partial charge in [-0.2, -0.15) is 0 Å². The average molecular weight is 438 g/mol. The maximum atomic E-state index is 12.1. The molecule has 2 aromatic carbocycles. The normalized spacial score (nSPS) is 20.5. The number of methoxy groups -OCH3 is 1. The maximum Gasteiger partial charge on any atom is 0.337 e. The number of benzene rings is 2. The number of hydrogen-bond acceptors (Lipinski definition) is 5. The number of anilines is 2. The zero-order chi connectivity index (χ0) is 22.2. The molecular formula is C25H31N3O2S. The lowest BCUT2D eigenvalue weighted by Gasteiger charge is -2.40. The van der Waals surface area contributed by atoms with Crippen LogP contribution in [0.4, 0.5) is 11.6 Å². The monoisotopic (exact) mass is 437 g/mol. The first-order valence-corrected chi connectivity index (χ1v) is 12.0. The van der Waals surface area contributed by atoms with E-state index in [2.05, 4.69) is 61.2 Å². The minimum absolute atomic E-state index is 0.280. The first kappa shape index (κ1) is 21.8. The van der Waals surface area contributed by atoms with E-state index >= 15 is 0 Å². The van der Waals surface area contributed by atoms with E-state index in [1.165, 1.54) is 18.4 Å². The topological polar surface area (TPSA) is 56.1 Å². The number of carbonyl (C=O) groups is 1. The molecule has 1 unspecified atom stereocenters. The second kappa shape index (κ2) is 8.58. The minimum Gasteiger partial charge on any atom is -0.465 e. The molecule has 0 aliphatic heterocycles. The van der Waals surface area contributed by atoms with E-state index in [1.807, 2.05) is 18.2 Å². The highest BCUT2D eigenvalue weighted by molar-refractivity contribution is 7.98. The first-order chi connectivity index (χ1) is 14.8. The summed E-state index contributed by atoms with van der Waals surface area (Å²) in [5, 5.41) is 3.54. The average Bonchev–Trinajstić information content (AvgIpc) is 3.09. The number of nitrogens with zero attached hydrogens (tertiary/aromatic N) is 2. The lowest BCUT2D eigenvalue weighted by molar-refractivity contribution is 0.0601. The van der Waals surface area contributed by atoms with Crippen LogP contribution in [-0.2, 0) is 4.74 Å². The predicted molar refractivity (Wildman–Crippen MR) is 128 cm³/mol. The summed E-state index contributed by atoms with van der Waals surface area (Å²) in [7, 11) is 1.40. The van der Waals surface area contributed by atoms with Gasteiger partial charge in [0, 0.05) is 16.6 Å². The zero-order valence-corrected chi connectivity index (χ0v) is 19.8. The molecule has 3 aromatic rings. The van der Waals surface area contributed by atoms with Crippen LogP contribution in [0.1, 0.15) is 56.4 Å². The molecule has 2 atom stereocenters. The first-order valence-electron chi connectivity index (χ1n) is 10.8. The Hall–Kier alpha value is -2.47. The van der Waals surface area contributed by atoms with Gasteiger partial charge in [0.25, 0.3) is 0 Å². The molecule has 6 heteroatoms. The van der Waals surface area contributed by atoms with Gasteiger partial charge in [-0.05, 0) is 79.3 Å². The van der Waals surface area contributed by atoms with E-state index in [1.54, 1.807) is 11.8 Å². The van der Waals surface area contributed by atoms with Crippen molar-refractivity contribution in [3.05, 3.63) is 48.0 Å². The van der Waals surface area contributed by atoms with Crippen LogP contribution in [0.25, 0.3) is 11.0 Å². The van der Waals surface area contributed by atoms with Gasteiger partial charge in [0.2, 0.25) is 5.95 Å². The second-order valence-corrected chi connectivity index (χ2v) is 10.3. The SMILES string of the molecule is COC(=O)c1ccc2c(c1)nc(Nc1ccc(SC)cc1)n2[C@@H]1CC(C)CC(C)(C)C1. The van der Waals surface area contributed by atoms with Crippen LogP contribution in [0.3, 0.4) is 0 Å². The van der Waals surface area contributed by atoms with Crippen LogP contribution in [0.5, 0.6) is 0 Å².